The lowest BCUT2D eigenvalue weighted by Gasteiger charge is -2.17. The molecule has 1 aliphatic rings. The molecule has 1 aliphatic heterocycles. The second-order valence-corrected chi connectivity index (χ2v) is 5.45. The van der Waals surface area contributed by atoms with Crippen LogP contribution in [0.3, 0.4) is 0 Å². The first-order chi connectivity index (χ1) is 8.62. The molecule has 0 spiro atoms. The molecule has 1 amide bonds. The minimum absolute atomic E-state index is 0.0759. The number of fused-ring (bicyclic) bond motifs is 1. The van der Waals surface area contributed by atoms with Crippen molar-refractivity contribution in [2.75, 3.05) is 5.06 Å². The highest BCUT2D eigenvalue weighted by atomic mass is 16.6. The molecule has 19 heavy (non-hydrogen) atoms. The van der Waals surface area contributed by atoms with Gasteiger partial charge in [-0.3, -0.25) is 20.1 Å². The van der Waals surface area contributed by atoms with Crippen molar-refractivity contribution in [3.63, 3.8) is 0 Å². The Labute approximate surface area is 110 Å². The van der Waals surface area contributed by atoms with Crippen molar-refractivity contribution < 1.29 is 14.9 Å². The number of benzene rings is 1. The SMILES string of the molecule is Cc1c(C)c2c(c([N+](=O)[O-])c1C)C(C)(C)C(=O)N2O. The highest BCUT2D eigenvalue weighted by Gasteiger charge is 2.50. The summed E-state index contributed by atoms with van der Waals surface area (Å²) in [6.45, 7) is 8.35. The number of carbonyl (C=O) groups excluding carboxylic acids is 1. The molecule has 6 nitrogen and oxygen atoms in total. The van der Waals surface area contributed by atoms with Crippen molar-refractivity contribution in [3.8, 4) is 0 Å². The van der Waals surface area contributed by atoms with Crippen LogP contribution in [-0.2, 0) is 10.2 Å². The number of hydrogen-bond acceptors (Lipinski definition) is 4. The van der Waals surface area contributed by atoms with Gasteiger partial charge in [0.25, 0.3) is 11.6 Å². The van der Waals surface area contributed by atoms with Crippen LogP contribution in [0.2, 0.25) is 0 Å². The summed E-state index contributed by atoms with van der Waals surface area (Å²) < 4.78 is 0. The lowest BCUT2D eigenvalue weighted by atomic mass is 9.82. The molecular weight excluding hydrogens is 248 g/mol. The first-order valence-electron chi connectivity index (χ1n) is 5.94. The predicted molar refractivity (Wildman–Crippen MR) is 69.6 cm³/mol. The van der Waals surface area contributed by atoms with Crippen LogP contribution in [0.15, 0.2) is 0 Å². The van der Waals surface area contributed by atoms with Crippen molar-refractivity contribution >= 4 is 17.3 Å². The van der Waals surface area contributed by atoms with E-state index in [0.29, 0.717) is 21.8 Å². The van der Waals surface area contributed by atoms with Gasteiger partial charge < -0.3 is 0 Å². The van der Waals surface area contributed by atoms with Crippen molar-refractivity contribution in [1.29, 1.82) is 0 Å². The Balaban J connectivity index is 3.01. The van der Waals surface area contributed by atoms with E-state index in [-0.39, 0.29) is 11.4 Å². The topological polar surface area (TPSA) is 83.7 Å². The molecule has 0 atom stereocenters. The summed E-state index contributed by atoms with van der Waals surface area (Å²) in [5.41, 5.74) is 1.32. The molecule has 0 aromatic heterocycles. The number of nitro benzene ring substituents is 1. The van der Waals surface area contributed by atoms with E-state index in [0.717, 1.165) is 5.56 Å². The Bertz CT molecular complexity index is 620. The number of hydrogen-bond donors (Lipinski definition) is 1. The lowest BCUT2D eigenvalue weighted by molar-refractivity contribution is -0.386. The summed E-state index contributed by atoms with van der Waals surface area (Å²) in [5, 5.41) is 21.8. The van der Waals surface area contributed by atoms with Gasteiger partial charge >= 0.3 is 0 Å². The Morgan fingerprint density at radius 3 is 2.16 bits per heavy atom. The molecule has 0 saturated carbocycles. The van der Waals surface area contributed by atoms with Gasteiger partial charge in [0, 0.05) is 5.56 Å². The Morgan fingerprint density at radius 2 is 1.68 bits per heavy atom. The van der Waals surface area contributed by atoms with Crippen LogP contribution in [-0.4, -0.2) is 16.0 Å². The Kier molecular flexibility index (Phi) is 2.68. The number of nitrogens with zero attached hydrogens (tertiary/aromatic N) is 2. The summed E-state index contributed by atoms with van der Waals surface area (Å²) >= 11 is 0. The molecule has 2 rings (SSSR count). The Morgan fingerprint density at radius 1 is 1.16 bits per heavy atom. The lowest BCUT2D eigenvalue weighted by Crippen LogP contribution is -2.34. The predicted octanol–water partition coefficient (Wildman–Crippen LogP) is 2.53. The molecule has 102 valence electrons. The fourth-order valence-corrected chi connectivity index (χ4v) is 2.68. The molecule has 0 saturated heterocycles. The van der Waals surface area contributed by atoms with Crippen molar-refractivity contribution in [2.45, 2.75) is 40.0 Å². The van der Waals surface area contributed by atoms with Crippen LogP contribution in [0.25, 0.3) is 0 Å². The maximum Gasteiger partial charge on any atom is 0.279 e. The normalized spacial score (nSPS) is 16.7. The average molecular weight is 264 g/mol. The highest BCUT2D eigenvalue weighted by Crippen LogP contribution is 2.49. The number of nitro groups is 1. The second-order valence-electron chi connectivity index (χ2n) is 5.45. The number of rotatable bonds is 1. The summed E-state index contributed by atoms with van der Waals surface area (Å²) in [6.07, 6.45) is 0. The molecule has 1 heterocycles. The largest absolute Gasteiger partial charge is 0.281 e. The molecule has 1 N–H and O–H groups in total. The third-order valence-electron chi connectivity index (χ3n) is 4.06. The van der Waals surface area contributed by atoms with Gasteiger partial charge in [-0.25, -0.2) is 0 Å². The summed E-state index contributed by atoms with van der Waals surface area (Å²) in [5.74, 6) is -0.543. The number of amides is 1. The smallest absolute Gasteiger partial charge is 0.279 e. The quantitative estimate of drug-likeness (QED) is 0.480. The summed E-state index contributed by atoms with van der Waals surface area (Å²) in [4.78, 5) is 22.9. The molecule has 0 fully saturated rings. The van der Waals surface area contributed by atoms with Crippen molar-refractivity contribution in [1.82, 2.24) is 0 Å². The highest BCUT2D eigenvalue weighted by molar-refractivity contribution is 6.08. The third kappa shape index (κ3) is 1.49. The van der Waals surface area contributed by atoms with Crippen molar-refractivity contribution in [3.05, 3.63) is 32.4 Å². The molecule has 1 aromatic carbocycles. The Hall–Kier alpha value is -1.95. The van der Waals surface area contributed by atoms with Crippen LogP contribution in [0, 0.1) is 30.9 Å². The molecule has 0 aliphatic carbocycles. The van der Waals surface area contributed by atoms with E-state index < -0.39 is 16.2 Å². The first-order valence-corrected chi connectivity index (χ1v) is 5.94. The molecule has 0 bridgehead atoms. The fraction of sp³-hybridized carbons (Fsp3) is 0.462. The number of anilines is 1. The van der Waals surface area contributed by atoms with Crippen LogP contribution in [0.1, 0.15) is 36.1 Å². The molecular formula is C13H16N2O4. The van der Waals surface area contributed by atoms with E-state index in [1.807, 2.05) is 0 Å². The van der Waals surface area contributed by atoms with Crippen LogP contribution in [0.5, 0.6) is 0 Å². The van der Waals surface area contributed by atoms with Gasteiger partial charge in [-0.15, -0.1) is 0 Å². The van der Waals surface area contributed by atoms with Gasteiger partial charge in [0.15, 0.2) is 0 Å². The number of carbonyl (C=O) groups is 1. The van der Waals surface area contributed by atoms with Crippen LogP contribution >= 0.6 is 0 Å². The van der Waals surface area contributed by atoms with Gasteiger partial charge in [0.05, 0.1) is 21.6 Å². The monoisotopic (exact) mass is 264 g/mol. The maximum atomic E-state index is 12.1. The minimum Gasteiger partial charge on any atom is -0.281 e. The van der Waals surface area contributed by atoms with Gasteiger partial charge in [-0.1, -0.05) is 0 Å². The second kappa shape index (κ2) is 3.77. The van der Waals surface area contributed by atoms with E-state index in [9.17, 15) is 20.1 Å². The summed E-state index contributed by atoms with van der Waals surface area (Å²) in [6, 6.07) is 0. The van der Waals surface area contributed by atoms with Gasteiger partial charge in [-0.2, -0.15) is 5.06 Å². The van der Waals surface area contributed by atoms with E-state index in [2.05, 4.69) is 0 Å². The molecule has 6 heteroatoms. The van der Waals surface area contributed by atoms with Gasteiger partial charge in [0.2, 0.25) is 0 Å². The average Bonchev–Trinajstić information content (AvgIpc) is 2.48. The van der Waals surface area contributed by atoms with E-state index in [4.69, 9.17) is 0 Å². The first kappa shape index (κ1) is 13.5. The molecule has 0 unspecified atom stereocenters. The van der Waals surface area contributed by atoms with Crippen LogP contribution in [0.4, 0.5) is 11.4 Å². The summed E-state index contributed by atoms with van der Waals surface area (Å²) in [7, 11) is 0. The fourth-order valence-electron chi connectivity index (χ4n) is 2.68. The number of hydroxylamine groups is 1. The zero-order chi connectivity index (χ0) is 14.7. The van der Waals surface area contributed by atoms with E-state index >= 15 is 0 Å². The molecule has 0 radical (unpaired) electrons. The standard InChI is InChI=1S/C13H16N2O4/c1-6-7(2)10-9(11(8(6)3)15(18)19)13(4,5)12(16)14(10)17/h17H,1-5H3. The minimum atomic E-state index is -1.10. The zero-order valence-corrected chi connectivity index (χ0v) is 11.6. The van der Waals surface area contributed by atoms with E-state index in [1.165, 1.54) is 0 Å². The van der Waals surface area contributed by atoms with Gasteiger partial charge in [-0.05, 0) is 45.7 Å². The third-order valence-corrected chi connectivity index (χ3v) is 4.06. The zero-order valence-electron chi connectivity index (χ0n) is 11.6. The maximum absolute atomic E-state index is 12.1. The molecule has 1 aromatic rings. The van der Waals surface area contributed by atoms with Crippen LogP contribution < -0.4 is 5.06 Å². The van der Waals surface area contributed by atoms with E-state index in [1.54, 1.807) is 34.6 Å². The van der Waals surface area contributed by atoms with Crippen molar-refractivity contribution in [2.24, 2.45) is 0 Å². The van der Waals surface area contributed by atoms with Gasteiger partial charge in [0.1, 0.15) is 0 Å².